The standard InChI is InChI=1S/C15H19ClN2/c1-2-8-18-9-6-12(7-10-18)13-4-3-5-15(16)14(13)11-17/h3-5,12H,2,6-10H2,1H3. The van der Waals surface area contributed by atoms with Crippen molar-refractivity contribution in [2.45, 2.75) is 32.1 Å². The summed E-state index contributed by atoms with van der Waals surface area (Å²) in [5.74, 6) is 0.492. The first-order chi connectivity index (χ1) is 8.76. The van der Waals surface area contributed by atoms with Crippen molar-refractivity contribution < 1.29 is 0 Å². The van der Waals surface area contributed by atoms with Gasteiger partial charge in [-0.05, 0) is 56.4 Å². The molecule has 0 aliphatic carbocycles. The number of benzene rings is 1. The first-order valence-electron chi connectivity index (χ1n) is 6.67. The molecule has 0 aromatic heterocycles. The number of hydrogen-bond donors (Lipinski definition) is 0. The molecule has 96 valence electrons. The summed E-state index contributed by atoms with van der Waals surface area (Å²) in [7, 11) is 0. The Bertz CT molecular complexity index is 442. The van der Waals surface area contributed by atoms with Crippen LogP contribution in [0.1, 0.15) is 43.2 Å². The zero-order valence-electron chi connectivity index (χ0n) is 10.8. The molecule has 0 N–H and O–H groups in total. The predicted octanol–water partition coefficient (Wildman–Crippen LogP) is 3.80. The van der Waals surface area contributed by atoms with Gasteiger partial charge in [0.25, 0.3) is 0 Å². The summed E-state index contributed by atoms with van der Waals surface area (Å²) in [5, 5.41) is 9.81. The van der Waals surface area contributed by atoms with Gasteiger partial charge in [0.2, 0.25) is 0 Å². The molecule has 1 aromatic carbocycles. The van der Waals surface area contributed by atoms with E-state index in [0.29, 0.717) is 16.5 Å². The zero-order valence-corrected chi connectivity index (χ0v) is 11.6. The van der Waals surface area contributed by atoms with Crippen LogP contribution in [0.3, 0.4) is 0 Å². The zero-order chi connectivity index (χ0) is 13.0. The van der Waals surface area contributed by atoms with Crippen molar-refractivity contribution >= 4 is 11.6 Å². The van der Waals surface area contributed by atoms with Crippen LogP contribution in [0.15, 0.2) is 18.2 Å². The molecule has 0 unspecified atom stereocenters. The molecule has 0 radical (unpaired) electrons. The molecule has 0 spiro atoms. The molecule has 3 heteroatoms. The van der Waals surface area contributed by atoms with Crippen LogP contribution in [-0.4, -0.2) is 24.5 Å². The number of hydrogen-bond acceptors (Lipinski definition) is 2. The average molecular weight is 263 g/mol. The molecule has 2 nitrogen and oxygen atoms in total. The molecule has 1 aliphatic heterocycles. The number of likely N-dealkylation sites (tertiary alicyclic amines) is 1. The topological polar surface area (TPSA) is 27.0 Å². The Morgan fingerprint density at radius 1 is 1.39 bits per heavy atom. The summed E-state index contributed by atoms with van der Waals surface area (Å²) < 4.78 is 0. The molecule has 1 aliphatic rings. The highest BCUT2D eigenvalue weighted by atomic mass is 35.5. The van der Waals surface area contributed by atoms with E-state index < -0.39 is 0 Å². The second kappa shape index (κ2) is 6.22. The minimum Gasteiger partial charge on any atom is -0.303 e. The van der Waals surface area contributed by atoms with Crippen molar-refractivity contribution in [3.05, 3.63) is 34.3 Å². The Kier molecular flexibility index (Phi) is 4.63. The molecule has 1 heterocycles. The van der Waals surface area contributed by atoms with Crippen LogP contribution in [0.2, 0.25) is 5.02 Å². The lowest BCUT2D eigenvalue weighted by atomic mass is 9.86. The Balaban J connectivity index is 2.10. The van der Waals surface area contributed by atoms with Gasteiger partial charge in [0.05, 0.1) is 10.6 Å². The van der Waals surface area contributed by atoms with Crippen LogP contribution in [0.5, 0.6) is 0 Å². The van der Waals surface area contributed by atoms with Crippen molar-refractivity contribution in [2.24, 2.45) is 0 Å². The minimum atomic E-state index is 0.492. The number of halogens is 1. The third-order valence-electron chi connectivity index (χ3n) is 3.72. The molecule has 0 saturated carbocycles. The van der Waals surface area contributed by atoms with E-state index in [-0.39, 0.29) is 0 Å². The number of rotatable bonds is 3. The lowest BCUT2D eigenvalue weighted by molar-refractivity contribution is 0.212. The molecule has 1 aromatic rings. The first kappa shape index (κ1) is 13.4. The predicted molar refractivity (Wildman–Crippen MR) is 74.9 cm³/mol. The van der Waals surface area contributed by atoms with Gasteiger partial charge < -0.3 is 4.90 Å². The van der Waals surface area contributed by atoms with Crippen molar-refractivity contribution in [2.75, 3.05) is 19.6 Å². The van der Waals surface area contributed by atoms with E-state index >= 15 is 0 Å². The van der Waals surface area contributed by atoms with Crippen molar-refractivity contribution in [1.29, 1.82) is 5.26 Å². The fourth-order valence-corrected chi connectivity index (χ4v) is 3.01. The summed E-state index contributed by atoms with van der Waals surface area (Å²) in [4.78, 5) is 2.51. The van der Waals surface area contributed by atoms with E-state index in [1.54, 1.807) is 6.07 Å². The molecular weight excluding hydrogens is 244 g/mol. The molecule has 1 fully saturated rings. The van der Waals surface area contributed by atoms with Gasteiger partial charge >= 0.3 is 0 Å². The van der Waals surface area contributed by atoms with Gasteiger partial charge in [-0.2, -0.15) is 5.26 Å². The van der Waals surface area contributed by atoms with E-state index in [1.165, 1.54) is 13.0 Å². The summed E-state index contributed by atoms with van der Waals surface area (Å²) in [6.45, 7) is 5.68. The van der Waals surface area contributed by atoms with E-state index in [2.05, 4.69) is 24.0 Å². The van der Waals surface area contributed by atoms with E-state index in [1.807, 2.05) is 6.07 Å². The van der Waals surface area contributed by atoms with Gasteiger partial charge in [-0.1, -0.05) is 30.7 Å². The molecular formula is C15H19ClN2. The largest absolute Gasteiger partial charge is 0.303 e. The summed E-state index contributed by atoms with van der Waals surface area (Å²) >= 11 is 6.09. The van der Waals surface area contributed by atoms with E-state index in [9.17, 15) is 5.26 Å². The summed E-state index contributed by atoms with van der Waals surface area (Å²) in [5.41, 5.74) is 1.81. The molecule has 2 rings (SSSR count). The van der Waals surface area contributed by atoms with Gasteiger partial charge in [0.1, 0.15) is 6.07 Å². The fraction of sp³-hybridized carbons (Fsp3) is 0.533. The van der Waals surface area contributed by atoms with Crippen LogP contribution >= 0.6 is 11.6 Å². The second-order valence-electron chi connectivity index (χ2n) is 4.93. The minimum absolute atomic E-state index is 0.492. The first-order valence-corrected chi connectivity index (χ1v) is 7.05. The SMILES string of the molecule is CCCN1CCC(c2cccc(Cl)c2C#N)CC1. The Labute approximate surface area is 114 Å². The smallest absolute Gasteiger partial charge is 0.101 e. The third-order valence-corrected chi connectivity index (χ3v) is 4.04. The van der Waals surface area contributed by atoms with E-state index in [4.69, 9.17) is 11.6 Å². The summed E-state index contributed by atoms with van der Waals surface area (Å²) in [6, 6.07) is 8.07. The van der Waals surface area contributed by atoms with Gasteiger partial charge in [0.15, 0.2) is 0 Å². The van der Waals surface area contributed by atoms with Gasteiger partial charge in [-0.25, -0.2) is 0 Å². The maximum atomic E-state index is 9.22. The monoisotopic (exact) mass is 262 g/mol. The van der Waals surface area contributed by atoms with Crippen LogP contribution in [0.4, 0.5) is 0 Å². The average Bonchev–Trinajstić information content (AvgIpc) is 2.40. The molecule has 0 atom stereocenters. The van der Waals surface area contributed by atoms with Crippen LogP contribution in [0, 0.1) is 11.3 Å². The second-order valence-corrected chi connectivity index (χ2v) is 5.34. The lowest BCUT2D eigenvalue weighted by Gasteiger charge is -2.32. The number of nitrogens with zero attached hydrogens (tertiary/aromatic N) is 2. The van der Waals surface area contributed by atoms with Crippen molar-refractivity contribution in [1.82, 2.24) is 4.90 Å². The highest BCUT2D eigenvalue weighted by Gasteiger charge is 2.22. The third kappa shape index (κ3) is 2.85. The van der Waals surface area contributed by atoms with Crippen LogP contribution < -0.4 is 0 Å². The Morgan fingerprint density at radius 2 is 2.11 bits per heavy atom. The number of piperidine rings is 1. The summed E-state index contributed by atoms with van der Waals surface area (Å²) in [6.07, 6.45) is 3.48. The Hall–Kier alpha value is -1.04. The van der Waals surface area contributed by atoms with Gasteiger partial charge in [0, 0.05) is 0 Å². The molecule has 0 amide bonds. The van der Waals surface area contributed by atoms with Gasteiger partial charge in [-0.15, -0.1) is 0 Å². The number of nitriles is 1. The normalized spacial score (nSPS) is 17.6. The highest BCUT2D eigenvalue weighted by molar-refractivity contribution is 6.31. The van der Waals surface area contributed by atoms with Crippen LogP contribution in [0.25, 0.3) is 0 Å². The van der Waals surface area contributed by atoms with Crippen molar-refractivity contribution in [3.63, 3.8) is 0 Å². The van der Waals surface area contributed by atoms with Crippen LogP contribution in [-0.2, 0) is 0 Å². The molecule has 18 heavy (non-hydrogen) atoms. The maximum absolute atomic E-state index is 9.22. The Morgan fingerprint density at radius 3 is 2.72 bits per heavy atom. The molecule has 1 saturated heterocycles. The van der Waals surface area contributed by atoms with Gasteiger partial charge in [-0.3, -0.25) is 0 Å². The van der Waals surface area contributed by atoms with Crippen molar-refractivity contribution in [3.8, 4) is 6.07 Å². The maximum Gasteiger partial charge on any atom is 0.101 e. The lowest BCUT2D eigenvalue weighted by Crippen LogP contribution is -2.33. The highest BCUT2D eigenvalue weighted by Crippen LogP contribution is 2.32. The fourth-order valence-electron chi connectivity index (χ4n) is 2.78. The quantitative estimate of drug-likeness (QED) is 0.828. The molecule has 0 bridgehead atoms. The van der Waals surface area contributed by atoms with E-state index in [0.717, 1.165) is 31.5 Å².